The third-order valence-corrected chi connectivity index (χ3v) is 3.87. The second-order valence-electron chi connectivity index (χ2n) is 4.70. The molecule has 0 bridgehead atoms. The highest BCUT2D eigenvalue weighted by Crippen LogP contribution is 2.26. The van der Waals surface area contributed by atoms with E-state index < -0.39 is 0 Å². The molecule has 0 saturated carbocycles. The van der Waals surface area contributed by atoms with Crippen molar-refractivity contribution in [3.05, 3.63) is 51.5 Å². The molecule has 0 radical (unpaired) electrons. The standard InChI is InChI=1S/C16H15BrClN3O3/c1-24-15-6-10(2-5-14(15)22)8-20-21-16(23)9-19-13-4-3-11(18)7-12(13)17/h2-8,19,22H,9H2,1H3,(H,21,23)/b20-8+. The number of methoxy groups -OCH3 is 1. The van der Waals surface area contributed by atoms with Crippen LogP contribution in [0.5, 0.6) is 11.5 Å². The van der Waals surface area contributed by atoms with Crippen molar-refractivity contribution < 1.29 is 14.6 Å². The molecule has 24 heavy (non-hydrogen) atoms. The summed E-state index contributed by atoms with van der Waals surface area (Å²) in [6.07, 6.45) is 1.46. The van der Waals surface area contributed by atoms with E-state index >= 15 is 0 Å². The zero-order chi connectivity index (χ0) is 17.5. The lowest BCUT2D eigenvalue weighted by molar-refractivity contribution is -0.119. The van der Waals surface area contributed by atoms with Crippen molar-refractivity contribution in [2.75, 3.05) is 19.0 Å². The second kappa shape index (κ2) is 8.56. The minimum absolute atomic E-state index is 0.0384. The Balaban J connectivity index is 1.86. The highest BCUT2D eigenvalue weighted by molar-refractivity contribution is 9.10. The number of phenols is 1. The van der Waals surface area contributed by atoms with Crippen molar-refractivity contribution in [1.29, 1.82) is 0 Å². The fraction of sp³-hybridized carbons (Fsp3) is 0.125. The summed E-state index contributed by atoms with van der Waals surface area (Å²) in [5, 5.41) is 16.9. The van der Waals surface area contributed by atoms with Gasteiger partial charge in [0.15, 0.2) is 11.5 Å². The average molecular weight is 413 g/mol. The molecule has 2 rings (SSSR count). The highest BCUT2D eigenvalue weighted by Gasteiger charge is 2.04. The van der Waals surface area contributed by atoms with Gasteiger partial charge in [-0.25, -0.2) is 5.43 Å². The van der Waals surface area contributed by atoms with E-state index in [4.69, 9.17) is 16.3 Å². The molecule has 3 N–H and O–H groups in total. The summed E-state index contributed by atoms with van der Waals surface area (Å²) in [4.78, 5) is 11.8. The number of nitrogens with zero attached hydrogens (tertiary/aromatic N) is 1. The quantitative estimate of drug-likeness (QED) is 0.502. The molecule has 0 unspecified atom stereocenters. The molecule has 0 fully saturated rings. The topological polar surface area (TPSA) is 83.0 Å². The van der Waals surface area contributed by atoms with Crippen molar-refractivity contribution in [3.8, 4) is 11.5 Å². The number of hydrogen-bond acceptors (Lipinski definition) is 5. The van der Waals surface area contributed by atoms with E-state index in [9.17, 15) is 9.90 Å². The number of carbonyl (C=O) groups excluding carboxylic acids is 1. The van der Waals surface area contributed by atoms with Crippen LogP contribution < -0.4 is 15.5 Å². The molecule has 0 saturated heterocycles. The second-order valence-corrected chi connectivity index (χ2v) is 5.99. The SMILES string of the molecule is COc1cc(/C=N/NC(=O)CNc2ccc(Cl)cc2Br)ccc1O. The Bertz CT molecular complexity index is 768. The van der Waals surface area contributed by atoms with Crippen LogP contribution in [0.3, 0.4) is 0 Å². The number of carbonyl (C=O) groups is 1. The summed E-state index contributed by atoms with van der Waals surface area (Å²) in [5.41, 5.74) is 3.84. The summed E-state index contributed by atoms with van der Waals surface area (Å²) >= 11 is 9.22. The number of anilines is 1. The van der Waals surface area contributed by atoms with Crippen molar-refractivity contribution in [1.82, 2.24) is 5.43 Å². The largest absolute Gasteiger partial charge is 0.504 e. The number of hydrogen-bond donors (Lipinski definition) is 3. The summed E-state index contributed by atoms with van der Waals surface area (Å²) in [5.74, 6) is 0.0646. The molecular formula is C16H15BrClN3O3. The minimum Gasteiger partial charge on any atom is -0.504 e. The van der Waals surface area contributed by atoms with Gasteiger partial charge in [0.2, 0.25) is 0 Å². The van der Waals surface area contributed by atoms with E-state index in [1.165, 1.54) is 19.4 Å². The molecule has 6 nitrogen and oxygen atoms in total. The van der Waals surface area contributed by atoms with Gasteiger partial charge in [-0.3, -0.25) is 4.79 Å². The van der Waals surface area contributed by atoms with Gasteiger partial charge in [0, 0.05) is 15.2 Å². The maximum atomic E-state index is 11.8. The fourth-order valence-electron chi connectivity index (χ4n) is 1.80. The van der Waals surface area contributed by atoms with Gasteiger partial charge >= 0.3 is 0 Å². The van der Waals surface area contributed by atoms with E-state index in [1.54, 1.807) is 30.3 Å². The number of halogens is 2. The van der Waals surface area contributed by atoms with Crippen LogP contribution in [-0.4, -0.2) is 30.9 Å². The Morgan fingerprint density at radius 2 is 2.17 bits per heavy atom. The van der Waals surface area contributed by atoms with Gasteiger partial charge in [0.1, 0.15) is 0 Å². The van der Waals surface area contributed by atoms with Gasteiger partial charge in [0.05, 0.1) is 19.9 Å². The van der Waals surface area contributed by atoms with Crippen LogP contribution >= 0.6 is 27.5 Å². The molecule has 2 aromatic carbocycles. The first-order valence-electron chi connectivity index (χ1n) is 6.87. The number of amides is 1. The lowest BCUT2D eigenvalue weighted by Crippen LogP contribution is -2.26. The zero-order valence-corrected chi connectivity index (χ0v) is 15.1. The molecule has 0 aliphatic heterocycles. The lowest BCUT2D eigenvalue weighted by atomic mass is 10.2. The molecule has 0 spiro atoms. The monoisotopic (exact) mass is 411 g/mol. The molecule has 0 aliphatic carbocycles. The Hall–Kier alpha value is -2.25. The number of phenolic OH excluding ortho intramolecular Hbond substituents is 1. The van der Waals surface area contributed by atoms with Crippen LogP contribution in [0.15, 0.2) is 46.0 Å². The van der Waals surface area contributed by atoms with Crippen molar-refractivity contribution in [2.45, 2.75) is 0 Å². The Labute approximate surface area is 152 Å². The number of benzene rings is 2. The fourth-order valence-corrected chi connectivity index (χ4v) is 2.62. The molecule has 126 valence electrons. The maximum Gasteiger partial charge on any atom is 0.259 e. The number of ether oxygens (including phenoxy) is 1. The summed E-state index contributed by atoms with van der Waals surface area (Å²) in [7, 11) is 1.46. The van der Waals surface area contributed by atoms with Crippen LogP contribution in [0.25, 0.3) is 0 Å². The first-order valence-corrected chi connectivity index (χ1v) is 8.04. The van der Waals surface area contributed by atoms with Gasteiger partial charge in [-0.1, -0.05) is 11.6 Å². The van der Waals surface area contributed by atoms with Gasteiger partial charge in [0.25, 0.3) is 5.91 Å². The van der Waals surface area contributed by atoms with E-state index in [2.05, 4.69) is 31.8 Å². The normalized spacial score (nSPS) is 10.6. The van der Waals surface area contributed by atoms with Crippen LogP contribution in [0.2, 0.25) is 5.02 Å². The van der Waals surface area contributed by atoms with E-state index in [0.29, 0.717) is 16.3 Å². The average Bonchev–Trinajstić information content (AvgIpc) is 2.55. The van der Waals surface area contributed by atoms with Gasteiger partial charge in [-0.05, 0) is 57.9 Å². The molecule has 0 heterocycles. The smallest absolute Gasteiger partial charge is 0.259 e. The molecule has 8 heteroatoms. The Morgan fingerprint density at radius 1 is 1.38 bits per heavy atom. The summed E-state index contributed by atoms with van der Waals surface area (Å²) < 4.78 is 5.76. The van der Waals surface area contributed by atoms with Crippen molar-refractivity contribution >= 4 is 45.3 Å². The lowest BCUT2D eigenvalue weighted by Gasteiger charge is -2.07. The molecular weight excluding hydrogens is 398 g/mol. The molecule has 1 amide bonds. The molecule has 0 atom stereocenters. The minimum atomic E-state index is -0.307. The Morgan fingerprint density at radius 3 is 2.88 bits per heavy atom. The van der Waals surface area contributed by atoms with E-state index in [0.717, 1.165) is 10.2 Å². The highest BCUT2D eigenvalue weighted by atomic mass is 79.9. The van der Waals surface area contributed by atoms with Gasteiger partial charge < -0.3 is 15.2 Å². The predicted octanol–water partition coefficient (Wildman–Crippen LogP) is 3.38. The first kappa shape index (κ1) is 18.1. The third kappa shape index (κ3) is 5.14. The van der Waals surface area contributed by atoms with Crippen LogP contribution in [0, 0.1) is 0 Å². The van der Waals surface area contributed by atoms with Crippen LogP contribution in [0.1, 0.15) is 5.56 Å². The van der Waals surface area contributed by atoms with E-state index in [1.807, 2.05) is 0 Å². The predicted molar refractivity (Wildman–Crippen MR) is 98.0 cm³/mol. The third-order valence-electron chi connectivity index (χ3n) is 2.98. The number of rotatable bonds is 6. The van der Waals surface area contributed by atoms with E-state index in [-0.39, 0.29) is 18.2 Å². The number of hydrazone groups is 1. The van der Waals surface area contributed by atoms with Crippen molar-refractivity contribution in [3.63, 3.8) is 0 Å². The molecule has 0 aliphatic rings. The van der Waals surface area contributed by atoms with Gasteiger partial charge in [-0.15, -0.1) is 0 Å². The van der Waals surface area contributed by atoms with Crippen LogP contribution in [-0.2, 0) is 4.79 Å². The summed E-state index contributed by atoms with van der Waals surface area (Å²) in [6.45, 7) is 0.0521. The van der Waals surface area contributed by atoms with Crippen molar-refractivity contribution in [2.24, 2.45) is 5.10 Å². The molecule has 2 aromatic rings. The van der Waals surface area contributed by atoms with Gasteiger partial charge in [-0.2, -0.15) is 5.10 Å². The first-order chi connectivity index (χ1) is 11.5. The maximum absolute atomic E-state index is 11.8. The zero-order valence-electron chi connectivity index (χ0n) is 12.7. The number of aromatic hydroxyl groups is 1. The van der Waals surface area contributed by atoms with Crippen LogP contribution in [0.4, 0.5) is 5.69 Å². The number of nitrogens with one attached hydrogen (secondary N) is 2. The summed E-state index contributed by atoms with van der Waals surface area (Å²) in [6, 6.07) is 9.97. The molecule has 0 aromatic heterocycles. The Kier molecular flexibility index (Phi) is 6.45.